The van der Waals surface area contributed by atoms with Crippen molar-refractivity contribution < 1.29 is 5.11 Å². The van der Waals surface area contributed by atoms with Crippen LogP contribution in [-0.2, 0) is 6.42 Å². The molecule has 1 heterocycles. The van der Waals surface area contributed by atoms with Gasteiger partial charge in [-0.15, -0.1) is 24.0 Å². The average Bonchev–Trinajstić information content (AvgIpc) is 2.53. The molecule has 0 spiro atoms. The molecule has 0 bridgehead atoms. The minimum Gasteiger partial charge on any atom is -0.396 e. The monoisotopic (exact) mass is 448 g/mol. The molecule has 1 aromatic rings. The van der Waals surface area contributed by atoms with Crippen LogP contribution < -0.4 is 10.6 Å². The Morgan fingerprint density at radius 1 is 1.29 bits per heavy atom. The van der Waals surface area contributed by atoms with Gasteiger partial charge in [0.05, 0.1) is 0 Å². The number of aliphatic hydroxyl groups is 1. The maximum atomic E-state index is 9.20. The fourth-order valence-electron chi connectivity index (χ4n) is 2.55. The fourth-order valence-corrected chi connectivity index (χ4v) is 2.55. The molecule has 0 fully saturated rings. The van der Waals surface area contributed by atoms with Gasteiger partial charge in [0.1, 0.15) is 0 Å². The van der Waals surface area contributed by atoms with Crippen molar-refractivity contribution >= 4 is 29.9 Å². The molecular formula is C18H33IN4O. The zero-order valence-electron chi connectivity index (χ0n) is 15.2. The first kappa shape index (κ1) is 23.1. The second-order valence-corrected chi connectivity index (χ2v) is 6.23. The van der Waals surface area contributed by atoms with Crippen molar-refractivity contribution in [3.8, 4) is 0 Å². The van der Waals surface area contributed by atoms with Crippen LogP contribution in [0.2, 0.25) is 0 Å². The van der Waals surface area contributed by atoms with Gasteiger partial charge < -0.3 is 15.7 Å². The van der Waals surface area contributed by atoms with Crippen LogP contribution in [0.15, 0.2) is 29.4 Å². The molecule has 1 unspecified atom stereocenters. The Kier molecular flexibility index (Phi) is 13.9. The van der Waals surface area contributed by atoms with Crippen molar-refractivity contribution in [1.29, 1.82) is 0 Å². The first-order valence-corrected chi connectivity index (χ1v) is 8.68. The number of hydrogen-bond acceptors (Lipinski definition) is 3. The summed E-state index contributed by atoms with van der Waals surface area (Å²) in [6.07, 6.45) is 4.60. The van der Waals surface area contributed by atoms with Crippen LogP contribution in [0.5, 0.6) is 0 Å². The Balaban J connectivity index is 0.00000529. The summed E-state index contributed by atoms with van der Waals surface area (Å²) in [5.41, 5.74) is 1.08. The molecule has 0 aliphatic heterocycles. The highest BCUT2D eigenvalue weighted by Crippen LogP contribution is 2.15. The van der Waals surface area contributed by atoms with E-state index in [0.29, 0.717) is 11.8 Å². The third-order valence-electron chi connectivity index (χ3n) is 3.59. The lowest BCUT2D eigenvalue weighted by atomic mass is 9.94. The molecule has 3 N–H and O–H groups in total. The van der Waals surface area contributed by atoms with Gasteiger partial charge in [0.25, 0.3) is 0 Å². The number of guanidine groups is 1. The van der Waals surface area contributed by atoms with Crippen molar-refractivity contribution in [3.05, 3.63) is 30.1 Å². The van der Waals surface area contributed by atoms with E-state index < -0.39 is 0 Å². The number of hydrogen-bond donors (Lipinski definition) is 3. The predicted octanol–water partition coefficient (Wildman–Crippen LogP) is 2.84. The molecule has 0 amide bonds. The smallest absolute Gasteiger partial charge is 0.191 e. The fraction of sp³-hybridized carbons (Fsp3) is 0.667. The Morgan fingerprint density at radius 3 is 2.67 bits per heavy atom. The average molecular weight is 448 g/mol. The lowest BCUT2D eigenvalue weighted by Gasteiger charge is -2.17. The third kappa shape index (κ3) is 10.8. The van der Waals surface area contributed by atoms with Gasteiger partial charge in [0.2, 0.25) is 0 Å². The molecule has 1 atom stereocenters. The van der Waals surface area contributed by atoms with E-state index in [1.807, 2.05) is 24.4 Å². The summed E-state index contributed by atoms with van der Waals surface area (Å²) in [6.45, 7) is 9.11. The minimum absolute atomic E-state index is 0. The number of pyridine rings is 1. The molecule has 24 heavy (non-hydrogen) atoms. The van der Waals surface area contributed by atoms with Crippen molar-refractivity contribution in [2.45, 2.75) is 40.0 Å². The standard InChI is InChI=1S/C18H32N4O.HI/c1-4-19-18(21-11-8-17-7-5-6-10-20-17)22-14-16(9-12-23)13-15(2)3;/h5-7,10,15-16,23H,4,8-9,11-14H2,1-3H3,(H2,19,21,22);1H. The molecule has 0 radical (unpaired) electrons. The summed E-state index contributed by atoms with van der Waals surface area (Å²) in [6, 6.07) is 5.97. The number of halogens is 1. The zero-order valence-corrected chi connectivity index (χ0v) is 17.5. The highest BCUT2D eigenvalue weighted by Gasteiger charge is 2.10. The number of nitrogens with one attached hydrogen (secondary N) is 2. The molecule has 0 aromatic carbocycles. The van der Waals surface area contributed by atoms with E-state index >= 15 is 0 Å². The van der Waals surface area contributed by atoms with E-state index in [-0.39, 0.29) is 30.6 Å². The summed E-state index contributed by atoms with van der Waals surface area (Å²) in [7, 11) is 0. The maximum Gasteiger partial charge on any atom is 0.191 e. The van der Waals surface area contributed by atoms with Gasteiger partial charge in [-0.3, -0.25) is 9.98 Å². The Labute approximate surface area is 163 Å². The summed E-state index contributed by atoms with van der Waals surface area (Å²) in [4.78, 5) is 9.00. The third-order valence-corrected chi connectivity index (χ3v) is 3.59. The lowest BCUT2D eigenvalue weighted by molar-refractivity contribution is 0.245. The van der Waals surface area contributed by atoms with E-state index in [0.717, 1.165) is 50.6 Å². The second kappa shape index (κ2) is 14.5. The number of aromatic nitrogens is 1. The molecule has 6 heteroatoms. The Bertz CT molecular complexity index is 440. The van der Waals surface area contributed by atoms with E-state index in [4.69, 9.17) is 0 Å². The molecule has 1 aromatic heterocycles. The van der Waals surface area contributed by atoms with Gasteiger partial charge >= 0.3 is 0 Å². The minimum atomic E-state index is 0. The zero-order chi connectivity index (χ0) is 16.9. The van der Waals surface area contributed by atoms with Gasteiger partial charge in [-0.05, 0) is 43.7 Å². The number of aliphatic hydroxyl groups excluding tert-OH is 1. The van der Waals surface area contributed by atoms with Gasteiger partial charge in [0, 0.05) is 44.6 Å². The largest absolute Gasteiger partial charge is 0.396 e. The molecule has 1 rings (SSSR count). The van der Waals surface area contributed by atoms with Crippen molar-refractivity contribution in [1.82, 2.24) is 15.6 Å². The first-order valence-electron chi connectivity index (χ1n) is 8.68. The van der Waals surface area contributed by atoms with Crippen LogP contribution in [0.1, 0.15) is 39.3 Å². The normalized spacial score (nSPS) is 12.6. The van der Waals surface area contributed by atoms with Crippen LogP contribution in [0.4, 0.5) is 0 Å². The lowest BCUT2D eigenvalue weighted by Crippen LogP contribution is -2.38. The molecule has 0 aliphatic carbocycles. The van der Waals surface area contributed by atoms with E-state index in [1.165, 1.54) is 0 Å². The van der Waals surface area contributed by atoms with Gasteiger partial charge in [-0.2, -0.15) is 0 Å². The number of nitrogens with zero attached hydrogens (tertiary/aromatic N) is 2. The van der Waals surface area contributed by atoms with E-state index in [9.17, 15) is 5.11 Å². The quantitative estimate of drug-likeness (QED) is 0.293. The summed E-state index contributed by atoms with van der Waals surface area (Å²) in [5, 5.41) is 15.8. The molecule has 0 aliphatic rings. The van der Waals surface area contributed by atoms with Gasteiger partial charge in [-0.1, -0.05) is 19.9 Å². The Morgan fingerprint density at radius 2 is 2.08 bits per heavy atom. The summed E-state index contributed by atoms with van der Waals surface area (Å²) >= 11 is 0. The first-order chi connectivity index (χ1) is 11.2. The number of aliphatic imine (C=N–C) groups is 1. The highest BCUT2D eigenvalue weighted by atomic mass is 127. The molecule has 0 saturated carbocycles. The van der Waals surface area contributed by atoms with Crippen molar-refractivity contribution in [3.63, 3.8) is 0 Å². The van der Waals surface area contributed by atoms with Crippen molar-refractivity contribution in [2.24, 2.45) is 16.8 Å². The molecule has 0 saturated heterocycles. The number of rotatable bonds is 10. The molecule has 138 valence electrons. The Hall–Kier alpha value is -0.890. The summed E-state index contributed by atoms with van der Waals surface area (Å²) in [5.74, 6) is 1.91. The SMILES string of the molecule is CCNC(=NCC(CCO)CC(C)C)NCCc1ccccn1.I. The molecule has 5 nitrogen and oxygen atoms in total. The maximum absolute atomic E-state index is 9.20. The van der Waals surface area contributed by atoms with Crippen LogP contribution >= 0.6 is 24.0 Å². The van der Waals surface area contributed by atoms with Crippen molar-refractivity contribution in [2.75, 3.05) is 26.2 Å². The van der Waals surface area contributed by atoms with Crippen LogP contribution in [0.25, 0.3) is 0 Å². The van der Waals surface area contributed by atoms with E-state index in [1.54, 1.807) is 0 Å². The van der Waals surface area contributed by atoms with Gasteiger partial charge in [-0.25, -0.2) is 0 Å². The van der Waals surface area contributed by atoms with E-state index in [2.05, 4.69) is 41.4 Å². The van der Waals surface area contributed by atoms with Crippen LogP contribution in [0.3, 0.4) is 0 Å². The van der Waals surface area contributed by atoms with Crippen LogP contribution in [-0.4, -0.2) is 42.3 Å². The van der Waals surface area contributed by atoms with Crippen LogP contribution in [0, 0.1) is 11.8 Å². The predicted molar refractivity (Wildman–Crippen MR) is 112 cm³/mol. The topological polar surface area (TPSA) is 69.5 Å². The highest BCUT2D eigenvalue weighted by molar-refractivity contribution is 14.0. The second-order valence-electron chi connectivity index (χ2n) is 6.23. The molecular weight excluding hydrogens is 415 g/mol. The van der Waals surface area contributed by atoms with Gasteiger partial charge in [0.15, 0.2) is 5.96 Å². The summed E-state index contributed by atoms with van der Waals surface area (Å²) < 4.78 is 0.